The van der Waals surface area contributed by atoms with Gasteiger partial charge in [0, 0.05) is 40.7 Å². The zero-order chi connectivity index (χ0) is 34.6. The molecule has 0 saturated heterocycles. The molecule has 0 amide bonds. The van der Waals surface area contributed by atoms with Crippen molar-refractivity contribution in [2.45, 2.75) is 42.9 Å². The lowest BCUT2D eigenvalue weighted by Gasteiger charge is -2.42. The van der Waals surface area contributed by atoms with E-state index in [1.807, 2.05) is 24.3 Å². The minimum absolute atomic E-state index is 0.339. The normalized spacial score (nSPS) is 17.1. The number of para-hydroxylation sites is 4. The average Bonchev–Trinajstić information content (AvgIpc) is 3.13. The van der Waals surface area contributed by atoms with Crippen LogP contribution in [-0.4, -0.2) is 31.1 Å². The molecule has 0 unspecified atom stereocenters. The summed E-state index contributed by atoms with van der Waals surface area (Å²) in [7, 11) is -7.86. The molecule has 3 heterocycles. The van der Waals surface area contributed by atoms with Gasteiger partial charge in [-0.05, 0) is 88.3 Å². The predicted molar refractivity (Wildman–Crippen MR) is 214 cm³/mol. The van der Waals surface area contributed by atoms with Crippen molar-refractivity contribution in [3.05, 3.63) is 133 Å². The Hall–Kier alpha value is -4.90. The van der Waals surface area contributed by atoms with Crippen molar-refractivity contribution in [3.8, 4) is 0 Å². The van der Waals surface area contributed by atoms with Gasteiger partial charge in [0.25, 0.3) is 0 Å². The molecule has 248 valence electrons. The summed E-state index contributed by atoms with van der Waals surface area (Å²) in [5.41, 5.74) is 7.62. The van der Waals surface area contributed by atoms with Gasteiger partial charge in [-0.1, -0.05) is 99.0 Å². The maximum Gasteiger partial charge on any atom is 0.210 e. The van der Waals surface area contributed by atoms with Gasteiger partial charge in [0.05, 0.1) is 21.2 Å². The third-order valence-electron chi connectivity index (χ3n) is 11.2. The highest BCUT2D eigenvalue weighted by Crippen LogP contribution is 2.49. The van der Waals surface area contributed by atoms with Crippen LogP contribution in [0, 0.1) is 0 Å². The molecule has 0 fully saturated rings. The minimum Gasteiger partial charge on any atom is -0.340 e. The first-order valence-electron chi connectivity index (χ1n) is 17.3. The largest absolute Gasteiger partial charge is 0.340 e. The summed E-state index contributed by atoms with van der Waals surface area (Å²) in [6, 6.07) is 46.4. The number of rotatable bonds is 3. The lowest BCUT2D eigenvalue weighted by atomic mass is 10.1. The molecule has 0 radical (unpaired) electrons. The minimum atomic E-state index is -3.90. The van der Waals surface area contributed by atoms with Gasteiger partial charge in [0.15, 0.2) is 0 Å². The number of anilines is 8. The van der Waals surface area contributed by atoms with E-state index in [0.29, 0.717) is 27.7 Å². The third kappa shape index (κ3) is 4.19. The van der Waals surface area contributed by atoms with Gasteiger partial charge in [-0.15, -0.1) is 0 Å². The summed E-state index contributed by atoms with van der Waals surface area (Å²) in [4.78, 5) is 7.34. The Morgan fingerprint density at radius 1 is 0.460 bits per heavy atom. The summed E-state index contributed by atoms with van der Waals surface area (Å²) in [6.07, 6.45) is 0. The molecule has 50 heavy (non-hydrogen) atoms. The molecule has 0 saturated carbocycles. The molecule has 0 N–H and O–H groups in total. The Morgan fingerprint density at radius 2 is 0.780 bits per heavy atom. The van der Waals surface area contributed by atoms with Gasteiger partial charge in [-0.25, -0.2) is 8.42 Å². The van der Waals surface area contributed by atoms with Crippen molar-refractivity contribution in [1.82, 2.24) is 0 Å². The van der Waals surface area contributed by atoms with Crippen LogP contribution in [-0.2, 0) is 9.84 Å². The number of sulfone groups is 1. The number of fused-ring (bicyclic) bond motifs is 6. The highest BCUT2D eigenvalue weighted by atomic mass is 32.2. The summed E-state index contributed by atoms with van der Waals surface area (Å²) in [5, 5.41) is 5.38. The van der Waals surface area contributed by atoms with Gasteiger partial charge in [0.2, 0.25) is 9.84 Å². The van der Waals surface area contributed by atoms with E-state index in [4.69, 9.17) is 0 Å². The molecule has 3 aliphatic rings. The molecule has 5 nitrogen and oxygen atoms in total. The van der Waals surface area contributed by atoms with E-state index in [1.54, 1.807) is 0 Å². The fourth-order valence-corrected chi connectivity index (χ4v) is 16.3. The van der Waals surface area contributed by atoms with Crippen LogP contribution >= 0.6 is 0 Å². The first-order chi connectivity index (χ1) is 24.0. The van der Waals surface area contributed by atoms with Gasteiger partial charge >= 0.3 is 0 Å². The summed E-state index contributed by atoms with van der Waals surface area (Å²) in [5.74, 6) is 0. The smallest absolute Gasteiger partial charge is 0.210 e. The van der Waals surface area contributed by atoms with Crippen LogP contribution < -0.4 is 35.4 Å². The molecule has 0 bridgehead atoms. The average molecular weight is 706 g/mol. The monoisotopic (exact) mass is 705 g/mol. The van der Waals surface area contributed by atoms with Gasteiger partial charge in [0.1, 0.15) is 16.1 Å². The SMILES string of the molecule is CCN1c2ccc(N3c4ccccc4[Si](C)(C)c4ccccc43)cc2S(=O)(=O)c2cc(N3c4ccccc4[Si](C)(C)c4ccccc43)ccc21. The van der Waals surface area contributed by atoms with Crippen molar-refractivity contribution in [2.24, 2.45) is 0 Å². The molecule has 0 atom stereocenters. The molecule has 9 rings (SSSR count). The van der Waals surface area contributed by atoms with Crippen molar-refractivity contribution in [3.63, 3.8) is 0 Å². The molecular formula is C42H39N3O2SSi2. The Labute approximate surface area is 297 Å². The first kappa shape index (κ1) is 31.1. The number of nitrogens with zero attached hydrogens (tertiary/aromatic N) is 3. The summed E-state index contributed by atoms with van der Waals surface area (Å²) >= 11 is 0. The van der Waals surface area contributed by atoms with Crippen LogP contribution in [0.5, 0.6) is 0 Å². The third-order valence-corrected chi connectivity index (χ3v) is 20.0. The highest BCUT2D eigenvalue weighted by molar-refractivity contribution is 7.92. The van der Waals surface area contributed by atoms with E-state index in [2.05, 4.69) is 157 Å². The second-order valence-electron chi connectivity index (χ2n) is 14.5. The molecule has 6 aromatic carbocycles. The molecule has 0 spiro atoms. The number of hydrogen-bond donors (Lipinski definition) is 0. The topological polar surface area (TPSA) is 43.9 Å². The molecule has 6 aromatic rings. The lowest BCUT2D eigenvalue weighted by molar-refractivity contribution is 0.594. The maximum absolute atomic E-state index is 15.0. The fraction of sp³-hybridized carbons (Fsp3) is 0.143. The maximum atomic E-state index is 15.0. The van der Waals surface area contributed by atoms with Gasteiger partial charge < -0.3 is 14.7 Å². The summed E-state index contributed by atoms with van der Waals surface area (Å²) in [6.45, 7) is 12.3. The van der Waals surface area contributed by atoms with Crippen LogP contribution in [0.1, 0.15) is 6.92 Å². The van der Waals surface area contributed by atoms with E-state index >= 15 is 0 Å². The van der Waals surface area contributed by atoms with Crippen molar-refractivity contribution < 1.29 is 8.42 Å². The molecule has 3 aliphatic heterocycles. The van der Waals surface area contributed by atoms with E-state index in [9.17, 15) is 8.42 Å². The Bertz CT molecular complexity index is 2230. The number of benzene rings is 6. The van der Waals surface area contributed by atoms with Gasteiger partial charge in [-0.3, -0.25) is 0 Å². The Balaban J connectivity index is 1.22. The zero-order valence-corrected chi connectivity index (χ0v) is 31.8. The van der Waals surface area contributed by atoms with Crippen molar-refractivity contribution in [2.75, 3.05) is 21.2 Å². The van der Waals surface area contributed by atoms with Crippen molar-refractivity contribution >= 4 is 92.2 Å². The van der Waals surface area contributed by atoms with Gasteiger partial charge in [-0.2, -0.15) is 0 Å². The number of hydrogen-bond acceptors (Lipinski definition) is 5. The zero-order valence-electron chi connectivity index (χ0n) is 29.0. The first-order valence-corrected chi connectivity index (χ1v) is 24.8. The van der Waals surface area contributed by atoms with Crippen LogP contribution in [0.4, 0.5) is 45.5 Å². The molecule has 0 aliphatic carbocycles. The standard InChI is InChI=1S/C42H39N3O2SSi2/c1-6-43-31-25-23-29(44-33-15-7-11-19-39(33)49(2,3)40-20-12-8-16-34(40)44)27-37(31)48(46,47)38-28-30(24-26-32(38)43)45-35-17-9-13-21-41(35)50(4,5)42-22-14-10-18-36(42)45/h7-28H,6H2,1-5H3. The fourth-order valence-electron chi connectivity index (χ4n) is 8.64. The van der Waals surface area contributed by atoms with E-state index in [-0.39, 0.29) is 0 Å². The lowest BCUT2D eigenvalue weighted by Crippen LogP contribution is -2.58. The quantitative estimate of drug-likeness (QED) is 0.174. The molecular weight excluding hydrogens is 667 g/mol. The van der Waals surface area contributed by atoms with E-state index < -0.39 is 26.0 Å². The predicted octanol–water partition coefficient (Wildman–Crippen LogP) is 8.20. The van der Waals surface area contributed by atoms with E-state index in [1.165, 1.54) is 20.7 Å². The van der Waals surface area contributed by atoms with Crippen LogP contribution in [0.15, 0.2) is 143 Å². The van der Waals surface area contributed by atoms with E-state index in [0.717, 1.165) is 34.1 Å². The van der Waals surface area contributed by atoms with Crippen molar-refractivity contribution in [1.29, 1.82) is 0 Å². The second kappa shape index (κ2) is 10.8. The van der Waals surface area contributed by atoms with Crippen LogP contribution in [0.2, 0.25) is 26.2 Å². The Morgan fingerprint density at radius 3 is 1.10 bits per heavy atom. The Kier molecular flexibility index (Phi) is 6.72. The van der Waals surface area contributed by atoms with Crippen LogP contribution in [0.3, 0.4) is 0 Å². The van der Waals surface area contributed by atoms with Crippen LogP contribution in [0.25, 0.3) is 0 Å². The second-order valence-corrected chi connectivity index (χ2v) is 25.1. The highest BCUT2D eigenvalue weighted by Gasteiger charge is 2.42. The summed E-state index contributed by atoms with van der Waals surface area (Å²) < 4.78 is 29.9. The molecule has 8 heteroatoms. The molecule has 0 aromatic heterocycles.